The second kappa shape index (κ2) is 7.54. The smallest absolute Gasteiger partial charge is 0.310 e. The lowest BCUT2D eigenvalue weighted by molar-refractivity contribution is -0.150. The van der Waals surface area contributed by atoms with Crippen molar-refractivity contribution in [3.8, 4) is 0 Å². The Morgan fingerprint density at radius 3 is 2.48 bits per heavy atom. The lowest BCUT2D eigenvalue weighted by Crippen LogP contribution is -2.35. The highest BCUT2D eigenvalue weighted by atomic mass is 16.5. The summed E-state index contributed by atoms with van der Waals surface area (Å²) in [7, 11) is 0. The molecule has 1 aromatic heterocycles. The number of carbonyl (C=O) groups is 1. The number of nitrogens with zero attached hydrogens (tertiary/aromatic N) is 3. The first kappa shape index (κ1) is 17.6. The van der Waals surface area contributed by atoms with Crippen LogP contribution in [0.3, 0.4) is 0 Å². The highest BCUT2D eigenvalue weighted by molar-refractivity contribution is 5.74. The van der Waals surface area contributed by atoms with Crippen LogP contribution in [-0.2, 0) is 17.6 Å². The summed E-state index contributed by atoms with van der Waals surface area (Å²) in [5.74, 6) is 0.206. The summed E-state index contributed by atoms with van der Waals surface area (Å²) in [5, 5.41) is 13.4. The molecule has 0 fully saturated rings. The highest BCUT2D eigenvalue weighted by Gasteiger charge is 2.38. The molecule has 0 aliphatic heterocycles. The number of hydrogen-bond acceptors (Lipinski definition) is 5. The molecular formula is C15H27N3O3. The van der Waals surface area contributed by atoms with E-state index in [1.807, 2.05) is 13.8 Å². The maximum atomic E-state index is 11.5. The van der Waals surface area contributed by atoms with Gasteiger partial charge in [-0.2, -0.15) is 4.98 Å². The van der Waals surface area contributed by atoms with Gasteiger partial charge in [0, 0.05) is 19.4 Å². The van der Waals surface area contributed by atoms with E-state index in [1.54, 1.807) is 6.92 Å². The number of carboxylic acid groups (broad SMARTS) is 1. The van der Waals surface area contributed by atoms with Gasteiger partial charge in [-0.05, 0) is 25.9 Å². The van der Waals surface area contributed by atoms with Crippen molar-refractivity contribution in [2.24, 2.45) is 11.3 Å². The number of hydrogen-bond donors (Lipinski definition) is 1. The second-order valence-electron chi connectivity index (χ2n) is 5.94. The SMILES string of the molecule is CCN(CC)CCc1noc(CC(C)(C(=O)O)C(C)C)n1. The molecule has 120 valence electrons. The maximum Gasteiger partial charge on any atom is 0.310 e. The number of carboxylic acids is 1. The molecule has 1 rings (SSSR count). The molecule has 6 heteroatoms. The van der Waals surface area contributed by atoms with Crippen molar-refractivity contribution in [1.82, 2.24) is 15.0 Å². The molecule has 0 aliphatic rings. The molecule has 1 unspecified atom stereocenters. The lowest BCUT2D eigenvalue weighted by atomic mass is 9.76. The maximum absolute atomic E-state index is 11.5. The van der Waals surface area contributed by atoms with Gasteiger partial charge in [0.1, 0.15) is 0 Å². The number of rotatable bonds is 9. The van der Waals surface area contributed by atoms with E-state index in [9.17, 15) is 9.90 Å². The van der Waals surface area contributed by atoms with E-state index in [1.165, 1.54) is 0 Å². The molecule has 0 radical (unpaired) electrons. The summed E-state index contributed by atoms with van der Waals surface area (Å²) < 4.78 is 5.22. The van der Waals surface area contributed by atoms with Gasteiger partial charge in [-0.1, -0.05) is 32.9 Å². The number of aromatic nitrogens is 2. The molecule has 21 heavy (non-hydrogen) atoms. The van der Waals surface area contributed by atoms with E-state index >= 15 is 0 Å². The minimum absolute atomic E-state index is 0.0129. The van der Waals surface area contributed by atoms with Crippen LogP contribution in [0, 0.1) is 11.3 Å². The topological polar surface area (TPSA) is 79.5 Å². The first-order chi connectivity index (χ1) is 9.83. The van der Waals surface area contributed by atoms with Crippen molar-refractivity contribution in [3.05, 3.63) is 11.7 Å². The van der Waals surface area contributed by atoms with Crippen LogP contribution in [0.15, 0.2) is 4.52 Å². The highest BCUT2D eigenvalue weighted by Crippen LogP contribution is 2.31. The standard InChI is InChI=1S/C15H27N3O3/c1-6-18(7-2)9-8-12-16-13(21-17-12)10-15(5,11(3)4)14(19)20/h11H,6-10H2,1-5H3,(H,19,20). The third-order valence-electron chi connectivity index (χ3n) is 4.34. The van der Waals surface area contributed by atoms with E-state index in [4.69, 9.17) is 4.52 Å². The van der Waals surface area contributed by atoms with Crippen molar-refractivity contribution >= 4 is 5.97 Å². The van der Waals surface area contributed by atoms with Crippen molar-refractivity contribution in [3.63, 3.8) is 0 Å². The Labute approximate surface area is 126 Å². The van der Waals surface area contributed by atoms with Crippen LogP contribution in [0.2, 0.25) is 0 Å². The van der Waals surface area contributed by atoms with Crippen molar-refractivity contribution in [2.75, 3.05) is 19.6 Å². The Bertz CT molecular complexity index is 455. The molecule has 1 atom stereocenters. The van der Waals surface area contributed by atoms with Gasteiger partial charge in [-0.3, -0.25) is 4.79 Å². The third-order valence-corrected chi connectivity index (χ3v) is 4.34. The molecule has 0 bridgehead atoms. The first-order valence-corrected chi connectivity index (χ1v) is 7.60. The van der Waals surface area contributed by atoms with Gasteiger partial charge >= 0.3 is 5.97 Å². The molecule has 0 amide bonds. The Hall–Kier alpha value is -1.43. The molecule has 1 N–H and O–H groups in total. The molecule has 0 saturated heterocycles. The summed E-state index contributed by atoms with van der Waals surface area (Å²) in [4.78, 5) is 18.1. The zero-order valence-electron chi connectivity index (χ0n) is 13.7. The van der Waals surface area contributed by atoms with Gasteiger partial charge in [-0.25, -0.2) is 0 Å². The average molecular weight is 297 g/mol. The first-order valence-electron chi connectivity index (χ1n) is 7.60. The summed E-state index contributed by atoms with van der Waals surface area (Å²) in [5.41, 5.74) is -0.886. The molecule has 0 spiro atoms. The predicted octanol–water partition coefficient (Wildman–Crippen LogP) is 2.24. The van der Waals surface area contributed by atoms with Gasteiger partial charge in [0.05, 0.1) is 5.41 Å². The average Bonchev–Trinajstić information content (AvgIpc) is 2.86. The lowest BCUT2D eigenvalue weighted by Gasteiger charge is -2.27. The van der Waals surface area contributed by atoms with Crippen LogP contribution in [0.5, 0.6) is 0 Å². The van der Waals surface area contributed by atoms with Crippen LogP contribution in [-0.4, -0.2) is 45.8 Å². The van der Waals surface area contributed by atoms with E-state index in [0.29, 0.717) is 11.7 Å². The molecule has 1 heterocycles. The molecule has 0 saturated carbocycles. The van der Waals surface area contributed by atoms with Crippen LogP contribution in [0.1, 0.15) is 46.3 Å². The molecule has 0 aliphatic carbocycles. The zero-order chi connectivity index (χ0) is 16.0. The predicted molar refractivity (Wildman–Crippen MR) is 80.1 cm³/mol. The van der Waals surface area contributed by atoms with Crippen molar-refractivity contribution in [1.29, 1.82) is 0 Å². The third kappa shape index (κ3) is 4.52. The van der Waals surface area contributed by atoms with Crippen LogP contribution >= 0.6 is 0 Å². The van der Waals surface area contributed by atoms with Crippen LogP contribution < -0.4 is 0 Å². The molecule has 0 aromatic carbocycles. The Morgan fingerprint density at radius 2 is 2.00 bits per heavy atom. The van der Waals surface area contributed by atoms with E-state index in [-0.39, 0.29) is 12.3 Å². The number of aliphatic carboxylic acids is 1. The minimum Gasteiger partial charge on any atom is -0.481 e. The molecule has 6 nitrogen and oxygen atoms in total. The Balaban J connectivity index is 2.69. The summed E-state index contributed by atoms with van der Waals surface area (Å²) in [6, 6.07) is 0. The van der Waals surface area contributed by atoms with Crippen LogP contribution in [0.25, 0.3) is 0 Å². The minimum atomic E-state index is -0.886. The Morgan fingerprint density at radius 1 is 1.38 bits per heavy atom. The van der Waals surface area contributed by atoms with Gasteiger partial charge in [-0.15, -0.1) is 0 Å². The number of likely N-dealkylation sites (N-methyl/N-ethyl adjacent to an activating group) is 1. The quantitative estimate of drug-likeness (QED) is 0.753. The molecule has 1 aromatic rings. The fraction of sp³-hybridized carbons (Fsp3) is 0.800. The normalized spacial score (nSPS) is 14.6. The largest absolute Gasteiger partial charge is 0.481 e. The Kier molecular flexibility index (Phi) is 6.33. The zero-order valence-corrected chi connectivity index (χ0v) is 13.7. The van der Waals surface area contributed by atoms with E-state index in [2.05, 4.69) is 28.9 Å². The van der Waals surface area contributed by atoms with Gasteiger partial charge in [0.15, 0.2) is 5.82 Å². The fourth-order valence-corrected chi connectivity index (χ4v) is 2.10. The van der Waals surface area contributed by atoms with Gasteiger partial charge in [0.25, 0.3) is 0 Å². The fourth-order valence-electron chi connectivity index (χ4n) is 2.10. The van der Waals surface area contributed by atoms with E-state index < -0.39 is 11.4 Å². The summed E-state index contributed by atoms with van der Waals surface area (Å²) in [6.07, 6.45) is 0.981. The van der Waals surface area contributed by atoms with Gasteiger partial charge in [0.2, 0.25) is 5.89 Å². The molecular weight excluding hydrogens is 270 g/mol. The van der Waals surface area contributed by atoms with Gasteiger partial charge < -0.3 is 14.5 Å². The van der Waals surface area contributed by atoms with Crippen LogP contribution in [0.4, 0.5) is 0 Å². The summed E-state index contributed by atoms with van der Waals surface area (Å²) >= 11 is 0. The summed E-state index contributed by atoms with van der Waals surface area (Å²) in [6.45, 7) is 12.6. The van der Waals surface area contributed by atoms with Crippen molar-refractivity contribution in [2.45, 2.75) is 47.5 Å². The van der Waals surface area contributed by atoms with E-state index in [0.717, 1.165) is 26.1 Å². The monoisotopic (exact) mass is 297 g/mol. The second-order valence-corrected chi connectivity index (χ2v) is 5.94. The van der Waals surface area contributed by atoms with Crippen molar-refractivity contribution < 1.29 is 14.4 Å².